The first kappa shape index (κ1) is 9.16. The number of rotatable bonds is 1. The predicted octanol–water partition coefficient (Wildman–Crippen LogP) is 1.55. The third-order valence-corrected chi connectivity index (χ3v) is 2.15. The van der Waals surface area contributed by atoms with Gasteiger partial charge in [0.2, 0.25) is 0 Å². The molecule has 0 radical (unpaired) electrons. The van der Waals surface area contributed by atoms with Crippen LogP contribution in [0.5, 0.6) is 11.5 Å². The monoisotopic (exact) mass is 188 g/mol. The van der Waals surface area contributed by atoms with Crippen molar-refractivity contribution in [3.05, 3.63) is 22.2 Å². The summed E-state index contributed by atoms with van der Waals surface area (Å²) in [5.41, 5.74) is 0.842. The minimum absolute atomic E-state index is 0.264. The molecule has 0 heterocycles. The van der Waals surface area contributed by atoms with Crippen LogP contribution < -0.4 is 0 Å². The quantitative estimate of drug-likeness (QED) is 0.586. The van der Waals surface area contributed by atoms with E-state index in [4.69, 9.17) is 21.8 Å². The van der Waals surface area contributed by atoms with Gasteiger partial charge in [-0.25, -0.2) is 0 Å². The molecule has 1 aromatic rings. The highest BCUT2D eigenvalue weighted by Gasteiger charge is 2.11. The van der Waals surface area contributed by atoms with Crippen LogP contribution in [0.3, 0.4) is 0 Å². The molecule has 12 heavy (non-hydrogen) atoms. The molecular weight excluding hydrogens is 180 g/mol. The lowest BCUT2D eigenvalue weighted by Crippen LogP contribution is -1.90. The van der Waals surface area contributed by atoms with Gasteiger partial charge in [-0.1, -0.05) is 11.6 Å². The number of benzene rings is 1. The van der Waals surface area contributed by atoms with Crippen LogP contribution in [-0.4, -0.2) is 15.3 Å². The van der Waals surface area contributed by atoms with E-state index in [1.54, 1.807) is 6.92 Å². The molecule has 4 heteroatoms. The number of aliphatic hydroxyl groups excluding tert-OH is 1. The zero-order chi connectivity index (χ0) is 9.30. The molecular formula is C8H9ClO3. The third-order valence-electron chi connectivity index (χ3n) is 1.76. The summed E-state index contributed by atoms with van der Waals surface area (Å²) in [6.07, 6.45) is 0. The predicted molar refractivity (Wildman–Crippen MR) is 45.4 cm³/mol. The number of hydrogen-bond acceptors (Lipinski definition) is 3. The van der Waals surface area contributed by atoms with E-state index < -0.39 is 0 Å². The van der Waals surface area contributed by atoms with Crippen molar-refractivity contribution in [2.45, 2.75) is 13.5 Å². The minimum Gasteiger partial charge on any atom is -0.504 e. The average Bonchev–Trinajstić information content (AvgIpc) is 2.02. The molecule has 0 spiro atoms. The van der Waals surface area contributed by atoms with Crippen molar-refractivity contribution in [1.29, 1.82) is 0 Å². The highest BCUT2D eigenvalue weighted by atomic mass is 35.5. The van der Waals surface area contributed by atoms with Crippen LogP contribution in [0.1, 0.15) is 11.1 Å². The summed E-state index contributed by atoms with van der Waals surface area (Å²) >= 11 is 5.69. The van der Waals surface area contributed by atoms with E-state index in [0.29, 0.717) is 10.6 Å². The van der Waals surface area contributed by atoms with Crippen LogP contribution >= 0.6 is 11.6 Å². The fourth-order valence-electron chi connectivity index (χ4n) is 0.966. The molecule has 0 aliphatic carbocycles. The maximum Gasteiger partial charge on any atom is 0.163 e. The molecule has 1 aromatic carbocycles. The maximum atomic E-state index is 9.23. The third kappa shape index (κ3) is 1.33. The molecule has 0 atom stereocenters. The zero-order valence-corrected chi connectivity index (χ0v) is 7.26. The molecule has 0 aliphatic heterocycles. The Morgan fingerprint density at radius 3 is 2.50 bits per heavy atom. The number of halogens is 1. The van der Waals surface area contributed by atoms with Crippen molar-refractivity contribution in [3.8, 4) is 11.5 Å². The van der Waals surface area contributed by atoms with Gasteiger partial charge in [-0.15, -0.1) is 0 Å². The molecule has 0 saturated heterocycles. The highest BCUT2D eigenvalue weighted by Crippen LogP contribution is 2.35. The summed E-state index contributed by atoms with van der Waals surface area (Å²) in [7, 11) is 0. The Kier molecular flexibility index (Phi) is 2.45. The van der Waals surface area contributed by atoms with Crippen LogP contribution in [0.15, 0.2) is 6.07 Å². The van der Waals surface area contributed by atoms with E-state index in [9.17, 15) is 5.11 Å². The lowest BCUT2D eigenvalue weighted by molar-refractivity contribution is 0.272. The molecule has 1 rings (SSSR count). The Hall–Kier alpha value is -0.930. The first-order valence-corrected chi connectivity index (χ1v) is 3.76. The van der Waals surface area contributed by atoms with E-state index >= 15 is 0 Å². The van der Waals surface area contributed by atoms with Gasteiger partial charge in [0.25, 0.3) is 0 Å². The van der Waals surface area contributed by atoms with Crippen LogP contribution in [0.2, 0.25) is 5.02 Å². The number of hydrogen-bond donors (Lipinski definition) is 3. The second kappa shape index (κ2) is 3.21. The van der Waals surface area contributed by atoms with Gasteiger partial charge in [-0.2, -0.15) is 0 Å². The molecule has 0 aromatic heterocycles. The summed E-state index contributed by atoms with van der Waals surface area (Å²) in [5, 5.41) is 27.5. The topological polar surface area (TPSA) is 60.7 Å². The van der Waals surface area contributed by atoms with Crippen LogP contribution in [-0.2, 0) is 6.61 Å². The maximum absolute atomic E-state index is 9.23. The number of phenols is 2. The molecule has 3 nitrogen and oxygen atoms in total. The van der Waals surface area contributed by atoms with Gasteiger partial charge in [0.15, 0.2) is 11.5 Å². The van der Waals surface area contributed by atoms with Crippen LogP contribution in [0, 0.1) is 6.92 Å². The summed E-state index contributed by atoms with van der Waals surface area (Å²) in [6.45, 7) is 1.32. The molecule has 0 fully saturated rings. The summed E-state index contributed by atoms with van der Waals surface area (Å²) in [4.78, 5) is 0. The lowest BCUT2D eigenvalue weighted by Gasteiger charge is -2.08. The SMILES string of the molecule is Cc1c(Cl)cc(O)c(O)c1CO. The lowest BCUT2D eigenvalue weighted by atomic mass is 10.1. The van der Waals surface area contributed by atoms with Crippen molar-refractivity contribution in [3.63, 3.8) is 0 Å². The van der Waals surface area contributed by atoms with Crippen molar-refractivity contribution in [1.82, 2.24) is 0 Å². The molecule has 0 unspecified atom stereocenters. The number of aromatic hydroxyl groups is 2. The fourth-order valence-corrected chi connectivity index (χ4v) is 1.18. The highest BCUT2D eigenvalue weighted by molar-refractivity contribution is 6.31. The van der Waals surface area contributed by atoms with Crippen molar-refractivity contribution < 1.29 is 15.3 Å². The minimum atomic E-state index is -0.341. The Labute approximate surface area is 74.8 Å². The molecule has 0 amide bonds. The molecule has 0 saturated carbocycles. The van der Waals surface area contributed by atoms with Crippen molar-refractivity contribution >= 4 is 11.6 Å². The van der Waals surface area contributed by atoms with Gasteiger partial charge in [0.05, 0.1) is 6.61 Å². The molecule has 66 valence electrons. The summed E-state index contributed by atoms with van der Waals surface area (Å²) in [6, 6.07) is 1.24. The second-order valence-electron chi connectivity index (χ2n) is 2.49. The van der Waals surface area contributed by atoms with Gasteiger partial charge in [-0.05, 0) is 12.5 Å². The first-order valence-electron chi connectivity index (χ1n) is 3.38. The van der Waals surface area contributed by atoms with E-state index in [1.807, 2.05) is 0 Å². The average molecular weight is 189 g/mol. The van der Waals surface area contributed by atoms with Crippen LogP contribution in [0.4, 0.5) is 0 Å². The normalized spacial score (nSPS) is 10.2. The standard InChI is InChI=1S/C8H9ClO3/c1-4-5(3-10)8(12)7(11)2-6(4)9/h2,10-12H,3H2,1H3. The Morgan fingerprint density at radius 2 is 2.00 bits per heavy atom. The smallest absolute Gasteiger partial charge is 0.163 e. The van der Waals surface area contributed by atoms with Gasteiger partial charge in [-0.3, -0.25) is 0 Å². The zero-order valence-electron chi connectivity index (χ0n) is 6.50. The molecule has 0 aliphatic rings. The number of phenolic OH excluding ortho intramolecular Hbond substituents is 1. The Bertz CT molecular complexity index is 283. The van der Waals surface area contributed by atoms with Gasteiger partial charge in [0, 0.05) is 16.7 Å². The Balaban J connectivity index is 3.42. The molecule has 3 N–H and O–H groups in total. The van der Waals surface area contributed by atoms with E-state index in [2.05, 4.69) is 0 Å². The van der Waals surface area contributed by atoms with E-state index in [1.165, 1.54) is 6.07 Å². The first-order chi connectivity index (χ1) is 5.57. The summed E-state index contributed by atoms with van der Waals surface area (Å²) in [5.74, 6) is -0.617. The van der Waals surface area contributed by atoms with Crippen LogP contribution in [0.25, 0.3) is 0 Å². The number of aliphatic hydroxyl groups is 1. The largest absolute Gasteiger partial charge is 0.504 e. The fraction of sp³-hybridized carbons (Fsp3) is 0.250. The van der Waals surface area contributed by atoms with Crippen molar-refractivity contribution in [2.75, 3.05) is 0 Å². The second-order valence-corrected chi connectivity index (χ2v) is 2.89. The Morgan fingerprint density at radius 1 is 1.42 bits per heavy atom. The van der Waals surface area contributed by atoms with Gasteiger partial charge >= 0.3 is 0 Å². The van der Waals surface area contributed by atoms with Gasteiger partial charge < -0.3 is 15.3 Å². The van der Waals surface area contributed by atoms with Crippen molar-refractivity contribution in [2.24, 2.45) is 0 Å². The van der Waals surface area contributed by atoms with E-state index in [-0.39, 0.29) is 23.7 Å². The van der Waals surface area contributed by atoms with Gasteiger partial charge in [0.1, 0.15) is 0 Å². The van der Waals surface area contributed by atoms with E-state index in [0.717, 1.165) is 0 Å². The summed E-state index contributed by atoms with van der Waals surface area (Å²) < 4.78 is 0. The molecule has 0 bridgehead atoms.